The quantitative estimate of drug-likeness (QED) is 0.572. The Hall–Kier alpha value is -1.38. The molecule has 0 N–H and O–H groups in total. The molecule has 0 radical (unpaired) electrons. The van der Waals surface area contributed by atoms with Gasteiger partial charge in [-0.25, -0.2) is 8.42 Å². The van der Waals surface area contributed by atoms with Crippen LogP contribution in [0.1, 0.15) is 24.1 Å². The van der Waals surface area contributed by atoms with E-state index < -0.39 is 16.1 Å². The molecule has 0 aliphatic carbocycles. The van der Waals surface area contributed by atoms with Crippen LogP contribution >= 0.6 is 34.5 Å². The molecule has 30 heavy (non-hydrogen) atoms. The molecule has 2 aliphatic rings. The van der Waals surface area contributed by atoms with Crippen LogP contribution in [0.15, 0.2) is 53.3 Å². The van der Waals surface area contributed by atoms with E-state index in [9.17, 15) is 13.2 Å². The van der Waals surface area contributed by atoms with Gasteiger partial charge in [0.1, 0.15) is 6.04 Å². The molecule has 5 nitrogen and oxygen atoms in total. The number of halogens is 2. The summed E-state index contributed by atoms with van der Waals surface area (Å²) in [6.07, 6.45) is 3.75. The van der Waals surface area contributed by atoms with Gasteiger partial charge in [0.05, 0.1) is 11.4 Å². The van der Waals surface area contributed by atoms with Gasteiger partial charge in [0.2, 0.25) is 15.9 Å². The van der Waals surface area contributed by atoms with Gasteiger partial charge in [0, 0.05) is 33.4 Å². The van der Waals surface area contributed by atoms with Gasteiger partial charge in [0.15, 0.2) is 0 Å². The number of fused-ring (bicyclic) bond motifs is 2. The number of hydrogen-bond donors (Lipinski definition) is 0. The van der Waals surface area contributed by atoms with Crippen LogP contribution in [0, 0.1) is 5.92 Å². The first-order valence-electron chi connectivity index (χ1n) is 9.74. The Morgan fingerprint density at radius 3 is 2.57 bits per heavy atom. The Labute approximate surface area is 190 Å². The predicted octanol–water partition coefficient (Wildman–Crippen LogP) is 4.81. The number of carbonyl (C=O) groups is 1. The van der Waals surface area contributed by atoms with Crippen molar-refractivity contribution in [1.29, 1.82) is 0 Å². The van der Waals surface area contributed by atoms with Crippen molar-refractivity contribution >= 4 is 50.5 Å². The maximum absolute atomic E-state index is 13.7. The summed E-state index contributed by atoms with van der Waals surface area (Å²) >= 11 is 13.7. The van der Waals surface area contributed by atoms with Crippen LogP contribution < -0.4 is 0 Å². The highest BCUT2D eigenvalue weighted by Crippen LogP contribution is 2.38. The molecule has 1 aromatic carbocycles. The molecule has 0 saturated carbocycles. The summed E-state index contributed by atoms with van der Waals surface area (Å²) in [4.78, 5) is 16.4. The number of rotatable bonds is 5. The van der Waals surface area contributed by atoms with Crippen LogP contribution in [0.3, 0.4) is 0 Å². The molecule has 3 heterocycles. The lowest BCUT2D eigenvalue weighted by Crippen LogP contribution is -2.54. The highest BCUT2D eigenvalue weighted by atomic mass is 35.5. The minimum Gasteiger partial charge on any atom is -0.336 e. The van der Waals surface area contributed by atoms with Gasteiger partial charge in [-0.15, -0.1) is 17.9 Å². The van der Waals surface area contributed by atoms with Crippen LogP contribution in [0.2, 0.25) is 10.0 Å². The first-order valence-corrected chi connectivity index (χ1v) is 12.8. The molecule has 0 spiro atoms. The van der Waals surface area contributed by atoms with Gasteiger partial charge < -0.3 is 4.90 Å². The number of hydrogen-bond acceptors (Lipinski definition) is 4. The summed E-state index contributed by atoms with van der Waals surface area (Å²) in [6, 6.07) is 7.13. The van der Waals surface area contributed by atoms with Crippen molar-refractivity contribution in [1.82, 2.24) is 9.21 Å². The van der Waals surface area contributed by atoms with Crippen molar-refractivity contribution < 1.29 is 13.2 Å². The Bertz CT molecular complexity index is 1040. The molecule has 2 fully saturated rings. The summed E-state index contributed by atoms with van der Waals surface area (Å²) in [5.41, 5.74) is 0. The Balaban J connectivity index is 1.77. The maximum atomic E-state index is 13.7. The minimum absolute atomic E-state index is 0.0132. The summed E-state index contributed by atoms with van der Waals surface area (Å²) in [6.45, 7) is 4.87. The van der Waals surface area contributed by atoms with Crippen LogP contribution in [-0.2, 0) is 21.4 Å². The fraction of sp³-hybridized carbons (Fsp3) is 0.381. The van der Waals surface area contributed by atoms with Gasteiger partial charge >= 0.3 is 0 Å². The minimum atomic E-state index is -3.98. The zero-order valence-electron chi connectivity index (χ0n) is 16.2. The van der Waals surface area contributed by atoms with E-state index >= 15 is 0 Å². The monoisotopic (exact) mass is 484 g/mol. The first kappa shape index (κ1) is 21.8. The largest absolute Gasteiger partial charge is 0.336 e. The second kappa shape index (κ2) is 8.63. The molecular weight excluding hydrogens is 463 g/mol. The maximum Gasteiger partial charge on any atom is 0.244 e. The fourth-order valence-corrected chi connectivity index (χ4v) is 7.75. The molecule has 4 rings (SSSR count). The average Bonchev–Trinajstić information content (AvgIpc) is 3.20. The molecule has 2 aliphatic heterocycles. The van der Waals surface area contributed by atoms with E-state index in [1.807, 2.05) is 17.5 Å². The predicted molar refractivity (Wildman–Crippen MR) is 120 cm³/mol. The molecule has 2 aromatic rings. The molecule has 3 atom stereocenters. The van der Waals surface area contributed by atoms with Gasteiger partial charge in [0.25, 0.3) is 0 Å². The van der Waals surface area contributed by atoms with Crippen molar-refractivity contribution in [3.05, 3.63) is 63.3 Å². The van der Waals surface area contributed by atoms with Crippen LogP contribution in [0.25, 0.3) is 0 Å². The van der Waals surface area contributed by atoms with E-state index in [2.05, 4.69) is 6.58 Å². The molecule has 160 valence electrons. The van der Waals surface area contributed by atoms with E-state index in [4.69, 9.17) is 23.2 Å². The number of amides is 1. The summed E-state index contributed by atoms with van der Waals surface area (Å²) in [7, 11) is -3.98. The second-order valence-electron chi connectivity index (χ2n) is 7.65. The zero-order chi connectivity index (χ0) is 21.5. The van der Waals surface area contributed by atoms with Crippen LogP contribution in [-0.4, -0.2) is 42.2 Å². The van der Waals surface area contributed by atoms with Gasteiger partial charge in [-0.3, -0.25) is 4.79 Å². The number of benzene rings is 1. The number of piperidine rings is 1. The third kappa shape index (κ3) is 4.06. The number of carbonyl (C=O) groups excluding carboxylic acids is 1. The SMILES string of the molecule is C=C[C@H]1CN(Cc2cccs2)C(=O)C2CCC[C@@H]1N2S(=O)(=O)c1cc(Cl)cc(Cl)c1. The zero-order valence-corrected chi connectivity index (χ0v) is 19.4. The number of thiophene rings is 1. The highest BCUT2D eigenvalue weighted by molar-refractivity contribution is 7.89. The smallest absolute Gasteiger partial charge is 0.244 e. The standard InChI is InChI=1S/C21H22Cl2N2O3S2/c1-2-14-12-24(13-17-5-4-8-29-17)21(26)20-7-3-6-19(14)25(20)30(27,28)18-10-15(22)9-16(23)11-18/h2,4-5,8-11,14,19-20H,1,3,6-7,12-13H2/t14-,19-,20?/m0/s1. The lowest BCUT2D eigenvalue weighted by molar-refractivity contribution is -0.135. The average molecular weight is 485 g/mol. The fourth-order valence-electron chi connectivity index (χ4n) is 4.43. The first-order chi connectivity index (χ1) is 14.3. The third-order valence-electron chi connectivity index (χ3n) is 5.77. The second-order valence-corrected chi connectivity index (χ2v) is 11.4. The molecule has 1 aromatic heterocycles. The van der Waals surface area contributed by atoms with E-state index in [0.29, 0.717) is 25.9 Å². The van der Waals surface area contributed by atoms with Gasteiger partial charge in [-0.1, -0.05) is 35.3 Å². The molecule has 9 heteroatoms. The van der Waals surface area contributed by atoms with E-state index in [0.717, 1.165) is 11.3 Å². The van der Waals surface area contributed by atoms with Crippen LogP contribution in [0.4, 0.5) is 0 Å². The van der Waals surface area contributed by atoms with Crippen molar-refractivity contribution in [2.75, 3.05) is 6.54 Å². The van der Waals surface area contributed by atoms with E-state index in [1.54, 1.807) is 22.3 Å². The molecular formula is C21H22Cl2N2O3S2. The summed E-state index contributed by atoms with van der Waals surface area (Å²) in [5, 5.41) is 2.46. The molecule has 1 amide bonds. The topological polar surface area (TPSA) is 57.7 Å². The van der Waals surface area contributed by atoms with E-state index in [1.165, 1.54) is 22.5 Å². The Morgan fingerprint density at radius 2 is 1.93 bits per heavy atom. The Morgan fingerprint density at radius 1 is 1.20 bits per heavy atom. The van der Waals surface area contributed by atoms with Gasteiger partial charge in [-0.2, -0.15) is 4.31 Å². The molecule has 2 saturated heterocycles. The third-order valence-corrected chi connectivity index (χ3v) is 8.98. The lowest BCUT2D eigenvalue weighted by atomic mass is 9.90. The summed E-state index contributed by atoms with van der Waals surface area (Å²) < 4.78 is 28.8. The van der Waals surface area contributed by atoms with Crippen molar-refractivity contribution in [3.8, 4) is 0 Å². The van der Waals surface area contributed by atoms with Crippen molar-refractivity contribution in [2.24, 2.45) is 5.92 Å². The summed E-state index contributed by atoms with van der Waals surface area (Å²) in [5.74, 6) is -0.321. The Kier molecular flexibility index (Phi) is 6.28. The van der Waals surface area contributed by atoms with Crippen molar-refractivity contribution in [2.45, 2.75) is 42.8 Å². The van der Waals surface area contributed by atoms with Crippen LogP contribution in [0.5, 0.6) is 0 Å². The van der Waals surface area contributed by atoms with Crippen molar-refractivity contribution in [3.63, 3.8) is 0 Å². The van der Waals surface area contributed by atoms with Gasteiger partial charge in [-0.05, 0) is 48.9 Å². The molecule has 1 unspecified atom stereocenters. The highest BCUT2D eigenvalue weighted by Gasteiger charge is 2.49. The molecule has 2 bridgehead atoms. The lowest BCUT2D eigenvalue weighted by Gasteiger charge is -2.40. The normalized spacial score (nSPS) is 25.2. The number of sulfonamides is 1. The van der Waals surface area contributed by atoms with E-state index in [-0.39, 0.29) is 32.8 Å². The number of nitrogens with zero attached hydrogens (tertiary/aromatic N) is 2.